The number of benzene rings is 1. The van der Waals surface area contributed by atoms with Crippen molar-refractivity contribution in [2.45, 2.75) is 39.0 Å². The number of piperidine rings is 1. The second-order valence-electron chi connectivity index (χ2n) is 6.89. The zero-order valence-electron chi connectivity index (χ0n) is 15.0. The Bertz CT molecular complexity index is 767. The Hall–Kier alpha value is -2.30. The van der Waals surface area contributed by atoms with Crippen LogP contribution in [0.25, 0.3) is 10.9 Å². The lowest BCUT2D eigenvalue weighted by molar-refractivity contribution is -0.156. The van der Waals surface area contributed by atoms with Gasteiger partial charge in [0.05, 0.1) is 18.9 Å². The first-order chi connectivity index (χ1) is 12.1. The molecule has 1 aromatic heterocycles. The lowest BCUT2D eigenvalue weighted by Crippen LogP contribution is -2.50. The van der Waals surface area contributed by atoms with Crippen LogP contribution in [0.4, 0.5) is 0 Å². The molecule has 1 aromatic carbocycles. The number of aromatic amines is 1. The molecule has 3 rings (SSSR count). The van der Waals surface area contributed by atoms with Crippen molar-refractivity contribution in [2.75, 3.05) is 20.2 Å². The summed E-state index contributed by atoms with van der Waals surface area (Å²) in [5.74, 6) is -0.194. The monoisotopic (exact) mass is 342 g/mol. The third-order valence-electron chi connectivity index (χ3n) is 5.54. The van der Waals surface area contributed by atoms with Gasteiger partial charge >= 0.3 is 5.97 Å². The molecule has 0 aliphatic carbocycles. The summed E-state index contributed by atoms with van der Waals surface area (Å²) in [4.78, 5) is 30.1. The summed E-state index contributed by atoms with van der Waals surface area (Å²) in [7, 11) is 1.38. The maximum absolute atomic E-state index is 13.1. The Labute approximate surface area is 148 Å². The minimum atomic E-state index is -0.592. The van der Waals surface area contributed by atoms with E-state index in [-0.39, 0.29) is 18.3 Å². The topological polar surface area (TPSA) is 62.4 Å². The van der Waals surface area contributed by atoms with E-state index in [9.17, 15) is 9.59 Å². The number of aromatic nitrogens is 1. The molecule has 1 saturated heterocycles. The van der Waals surface area contributed by atoms with Gasteiger partial charge in [0.1, 0.15) is 0 Å². The molecule has 25 heavy (non-hydrogen) atoms. The quantitative estimate of drug-likeness (QED) is 0.820. The molecule has 0 spiro atoms. The van der Waals surface area contributed by atoms with Gasteiger partial charge in [-0.05, 0) is 37.3 Å². The predicted molar refractivity (Wildman–Crippen MR) is 97.2 cm³/mol. The molecule has 1 fully saturated rings. The number of H-pyrrole nitrogens is 1. The number of fused-ring (bicyclic) bond motifs is 1. The number of carbonyl (C=O) groups is 2. The van der Waals surface area contributed by atoms with Gasteiger partial charge in [0.2, 0.25) is 5.91 Å². The molecule has 5 heteroatoms. The molecule has 134 valence electrons. The van der Waals surface area contributed by atoms with E-state index in [4.69, 9.17) is 4.74 Å². The lowest BCUT2D eigenvalue weighted by Gasteiger charge is -2.40. The number of rotatable bonds is 6. The molecule has 0 unspecified atom stereocenters. The number of ether oxygens (including phenoxy) is 1. The third-order valence-corrected chi connectivity index (χ3v) is 5.54. The summed E-state index contributed by atoms with van der Waals surface area (Å²) in [5, 5.41) is 1.21. The molecule has 1 N–H and O–H groups in total. The van der Waals surface area contributed by atoms with Crippen molar-refractivity contribution in [3.05, 3.63) is 36.0 Å². The fourth-order valence-corrected chi connectivity index (χ4v) is 3.92. The van der Waals surface area contributed by atoms with Crippen LogP contribution in [-0.2, 0) is 20.7 Å². The fourth-order valence-electron chi connectivity index (χ4n) is 3.92. The molecule has 0 bridgehead atoms. The van der Waals surface area contributed by atoms with Crippen LogP contribution in [0, 0.1) is 5.41 Å². The van der Waals surface area contributed by atoms with E-state index in [2.05, 4.69) is 17.1 Å². The van der Waals surface area contributed by atoms with E-state index in [1.165, 1.54) is 18.1 Å². The highest BCUT2D eigenvalue weighted by Gasteiger charge is 2.44. The van der Waals surface area contributed by atoms with Crippen LogP contribution in [-0.4, -0.2) is 42.0 Å². The smallest absolute Gasteiger partial charge is 0.306 e. The largest absolute Gasteiger partial charge is 0.469 e. The van der Waals surface area contributed by atoms with E-state index < -0.39 is 5.41 Å². The van der Waals surface area contributed by atoms with Crippen molar-refractivity contribution in [1.82, 2.24) is 9.88 Å². The minimum Gasteiger partial charge on any atom is -0.469 e. The number of esters is 1. The highest BCUT2D eigenvalue weighted by Crippen LogP contribution is 2.38. The Kier molecular flexibility index (Phi) is 5.11. The number of likely N-dealkylation sites (tertiary alicyclic amines) is 1. The second-order valence-corrected chi connectivity index (χ2v) is 6.89. The van der Waals surface area contributed by atoms with Gasteiger partial charge in [-0.1, -0.05) is 25.1 Å². The number of hydrogen-bond acceptors (Lipinski definition) is 3. The van der Waals surface area contributed by atoms with E-state index in [1.54, 1.807) is 0 Å². The molecule has 5 nitrogen and oxygen atoms in total. The average Bonchev–Trinajstić information content (AvgIpc) is 3.05. The Balaban J connectivity index is 1.71. The standard InChI is InChI=1S/C20H26N2O3/c1-3-20(13-18(23)25-2)10-6-11-22(19(20)24)12-9-15-14-21-17-8-5-4-7-16(15)17/h4-5,7-8,14,21H,3,6,9-13H2,1-2H3/t20-/m1/s1. The summed E-state index contributed by atoms with van der Waals surface area (Å²) >= 11 is 0. The van der Waals surface area contributed by atoms with Gasteiger partial charge in [-0.15, -0.1) is 0 Å². The number of hydrogen-bond donors (Lipinski definition) is 1. The fraction of sp³-hybridized carbons (Fsp3) is 0.500. The molecule has 1 aliphatic rings. The van der Waals surface area contributed by atoms with Crippen molar-refractivity contribution in [2.24, 2.45) is 5.41 Å². The second kappa shape index (κ2) is 7.30. The lowest BCUT2D eigenvalue weighted by atomic mass is 9.74. The summed E-state index contributed by atoms with van der Waals surface area (Å²) < 4.78 is 4.82. The van der Waals surface area contributed by atoms with Crippen LogP contribution in [0.5, 0.6) is 0 Å². The number of nitrogens with zero attached hydrogens (tertiary/aromatic N) is 1. The SMILES string of the molecule is CC[C@]1(CC(=O)OC)CCCN(CCc2c[nH]c3ccccc23)C1=O. The van der Waals surface area contributed by atoms with Gasteiger partial charge in [0.25, 0.3) is 0 Å². The zero-order chi connectivity index (χ0) is 17.9. The van der Waals surface area contributed by atoms with Gasteiger partial charge in [-0.3, -0.25) is 9.59 Å². The van der Waals surface area contributed by atoms with Crippen LogP contribution in [0.15, 0.2) is 30.5 Å². The van der Waals surface area contributed by atoms with Crippen LogP contribution in [0.3, 0.4) is 0 Å². The van der Waals surface area contributed by atoms with Gasteiger partial charge in [0.15, 0.2) is 0 Å². The predicted octanol–water partition coefficient (Wildman–Crippen LogP) is 3.29. The molecule has 2 aromatic rings. The minimum absolute atomic E-state index is 0.103. The van der Waals surface area contributed by atoms with Crippen molar-refractivity contribution in [3.8, 4) is 0 Å². The molecule has 0 radical (unpaired) electrons. The van der Waals surface area contributed by atoms with E-state index in [1.807, 2.05) is 30.2 Å². The molecular weight excluding hydrogens is 316 g/mol. The molecule has 2 heterocycles. The summed E-state index contributed by atoms with van der Waals surface area (Å²) in [6, 6.07) is 8.21. The highest BCUT2D eigenvalue weighted by molar-refractivity contribution is 5.88. The number of nitrogens with one attached hydrogen (secondary N) is 1. The van der Waals surface area contributed by atoms with Crippen molar-refractivity contribution in [1.29, 1.82) is 0 Å². The van der Waals surface area contributed by atoms with E-state index in [0.29, 0.717) is 13.0 Å². The highest BCUT2D eigenvalue weighted by atomic mass is 16.5. The van der Waals surface area contributed by atoms with Gasteiger partial charge in [-0.2, -0.15) is 0 Å². The third kappa shape index (κ3) is 3.41. The number of amides is 1. The number of para-hydroxylation sites is 1. The van der Waals surface area contributed by atoms with Crippen LogP contribution in [0.2, 0.25) is 0 Å². The zero-order valence-corrected chi connectivity index (χ0v) is 15.0. The van der Waals surface area contributed by atoms with Crippen LogP contribution in [0.1, 0.15) is 38.2 Å². The Morgan fingerprint density at radius 2 is 2.16 bits per heavy atom. The van der Waals surface area contributed by atoms with Gasteiger partial charge < -0.3 is 14.6 Å². The summed E-state index contributed by atoms with van der Waals surface area (Å²) in [6.45, 7) is 3.44. The molecule has 1 atom stereocenters. The average molecular weight is 342 g/mol. The first kappa shape index (κ1) is 17.5. The Morgan fingerprint density at radius 1 is 1.36 bits per heavy atom. The maximum atomic E-state index is 13.1. The number of methoxy groups -OCH3 is 1. The summed E-state index contributed by atoms with van der Waals surface area (Å²) in [6.07, 6.45) is 5.40. The number of carbonyl (C=O) groups excluding carboxylic acids is 2. The van der Waals surface area contributed by atoms with Gasteiger partial charge in [-0.25, -0.2) is 0 Å². The van der Waals surface area contributed by atoms with E-state index in [0.717, 1.165) is 31.3 Å². The first-order valence-electron chi connectivity index (χ1n) is 9.01. The van der Waals surface area contributed by atoms with E-state index >= 15 is 0 Å². The maximum Gasteiger partial charge on any atom is 0.306 e. The van der Waals surface area contributed by atoms with Crippen molar-refractivity contribution < 1.29 is 14.3 Å². The van der Waals surface area contributed by atoms with Crippen molar-refractivity contribution >= 4 is 22.8 Å². The van der Waals surface area contributed by atoms with Crippen molar-refractivity contribution in [3.63, 3.8) is 0 Å². The first-order valence-corrected chi connectivity index (χ1v) is 9.01. The summed E-state index contributed by atoms with van der Waals surface area (Å²) in [5.41, 5.74) is 1.76. The molecular formula is C20H26N2O3. The normalized spacial score (nSPS) is 20.9. The Morgan fingerprint density at radius 3 is 2.92 bits per heavy atom. The van der Waals surface area contributed by atoms with Crippen LogP contribution >= 0.6 is 0 Å². The molecule has 1 aliphatic heterocycles. The molecule has 1 amide bonds. The molecule has 0 saturated carbocycles. The van der Waals surface area contributed by atoms with Gasteiger partial charge in [0, 0.05) is 30.2 Å². The van der Waals surface area contributed by atoms with Crippen LogP contribution < -0.4 is 0 Å².